The number of anilines is 1. The minimum absolute atomic E-state index is 0.0409. The predicted octanol–water partition coefficient (Wildman–Crippen LogP) is 6.07. The normalized spacial score (nSPS) is 11.2. The van der Waals surface area contributed by atoms with E-state index in [1.165, 1.54) is 5.56 Å². The van der Waals surface area contributed by atoms with Gasteiger partial charge in [0.25, 0.3) is 5.91 Å². The van der Waals surface area contributed by atoms with Crippen molar-refractivity contribution in [1.29, 1.82) is 0 Å². The maximum absolute atomic E-state index is 12.1. The average Bonchev–Trinajstić information content (AvgIpc) is 2.49. The van der Waals surface area contributed by atoms with Crippen LogP contribution in [0.3, 0.4) is 0 Å². The van der Waals surface area contributed by atoms with Crippen molar-refractivity contribution in [1.82, 2.24) is 0 Å². The zero-order chi connectivity index (χ0) is 17.9. The molecule has 0 aromatic heterocycles. The van der Waals surface area contributed by atoms with Crippen molar-refractivity contribution in [2.45, 2.75) is 26.2 Å². The van der Waals surface area contributed by atoms with E-state index in [0.29, 0.717) is 21.5 Å². The van der Waals surface area contributed by atoms with Gasteiger partial charge in [-0.25, -0.2) is 0 Å². The van der Waals surface area contributed by atoms with Crippen molar-refractivity contribution in [3.8, 4) is 5.75 Å². The van der Waals surface area contributed by atoms with Gasteiger partial charge in [0.05, 0.1) is 20.2 Å². The van der Waals surface area contributed by atoms with E-state index in [1.54, 1.807) is 18.2 Å². The molecule has 2 rings (SSSR count). The highest BCUT2D eigenvalue weighted by molar-refractivity contribution is 9.10. The topological polar surface area (TPSA) is 38.3 Å². The number of hydrogen-bond acceptors (Lipinski definition) is 2. The SMILES string of the molecule is CC(C)(C)c1ccc(OCC(=O)Nc2c(Cl)cccc2Cl)c(Br)c1. The van der Waals surface area contributed by atoms with Crippen LogP contribution in [0.1, 0.15) is 26.3 Å². The standard InChI is InChI=1S/C18H18BrCl2NO2/c1-18(2,3)11-7-8-15(12(19)9-11)24-10-16(23)22-17-13(20)5-4-6-14(17)21/h4-9H,10H2,1-3H3,(H,22,23). The lowest BCUT2D eigenvalue weighted by molar-refractivity contribution is -0.118. The van der Waals surface area contributed by atoms with Crippen molar-refractivity contribution in [3.05, 3.63) is 56.5 Å². The van der Waals surface area contributed by atoms with E-state index < -0.39 is 0 Å². The molecule has 2 aromatic carbocycles. The largest absolute Gasteiger partial charge is 0.483 e. The number of rotatable bonds is 4. The molecule has 128 valence electrons. The molecule has 6 heteroatoms. The summed E-state index contributed by atoms with van der Waals surface area (Å²) in [6.07, 6.45) is 0. The van der Waals surface area contributed by atoms with E-state index in [0.717, 1.165) is 4.47 Å². The lowest BCUT2D eigenvalue weighted by Gasteiger charge is -2.20. The van der Waals surface area contributed by atoms with E-state index in [2.05, 4.69) is 42.0 Å². The maximum Gasteiger partial charge on any atom is 0.262 e. The fourth-order valence-corrected chi connectivity index (χ4v) is 3.01. The summed E-state index contributed by atoms with van der Waals surface area (Å²) in [6, 6.07) is 10.9. The van der Waals surface area contributed by atoms with Crippen LogP contribution in [0, 0.1) is 0 Å². The van der Waals surface area contributed by atoms with Gasteiger partial charge in [-0.3, -0.25) is 4.79 Å². The molecule has 0 saturated heterocycles. The van der Waals surface area contributed by atoms with Crippen molar-refractivity contribution < 1.29 is 9.53 Å². The molecule has 0 unspecified atom stereocenters. The van der Waals surface area contributed by atoms with Crippen LogP contribution in [0.5, 0.6) is 5.75 Å². The highest BCUT2D eigenvalue weighted by atomic mass is 79.9. The highest BCUT2D eigenvalue weighted by Gasteiger charge is 2.16. The Morgan fingerprint density at radius 1 is 1.17 bits per heavy atom. The van der Waals surface area contributed by atoms with Gasteiger partial charge < -0.3 is 10.1 Å². The van der Waals surface area contributed by atoms with Crippen LogP contribution in [0.25, 0.3) is 0 Å². The summed E-state index contributed by atoms with van der Waals surface area (Å²) in [4.78, 5) is 12.1. The number of benzene rings is 2. The van der Waals surface area contributed by atoms with E-state index in [1.807, 2.05) is 18.2 Å². The minimum atomic E-state index is -0.336. The molecule has 0 saturated carbocycles. The third-order valence-electron chi connectivity index (χ3n) is 3.38. The first kappa shape index (κ1) is 19.1. The predicted molar refractivity (Wildman–Crippen MR) is 103 cm³/mol. The van der Waals surface area contributed by atoms with E-state index in [9.17, 15) is 4.79 Å². The van der Waals surface area contributed by atoms with Gasteiger partial charge >= 0.3 is 0 Å². The molecule has 1 amide bonds. The van der Waals surface area contributed by atoms with Gasteiger partial charge in [0.15, 0.2) is 6.61 Å². The summed E-state index contributed by atoms with van der Waals surface area (Å²) >= 11 is 15.5. The summed E-state index contributed by atoms with van der Waals surface area (Å²) in [5.74, 6) is 0.264. The first-order valence-corrected chi connectivity index (χ1v) is 8.90. The summed E-state index contributed by atoms with van der Waals surface area (Å²) in [5.41, 5.74) is 1.60. The summed E-state index contributed by atoms with van der Waals surface area (Å²) in [6.45, 7) is 6.26. The second kappa shape index (κ2) is 7.77. The zero-order valence-electron chi connectivity index (χ0n) is 13.6. The zero-order valence-corrected chi connectivity index (χ0v) is 16.7. The molecule has 0 atom stereocenters. The quantitative estimate of drug-likeness (QED) is 0.638. The van der Waals surface area contributed by atoms with E-state index in [4.69, 9.17) is 27.9 Å². The molecule has 3 nitrogen and oxygen atoms in total. The van der Waals surface area contributed by atoms with Gasteiger partial charge in [-0.05, 0) is 51.2 Å². The Kier molecular flexibility index (Phi) is 6.18. The summed E-state index contributed by atoms with van der Waals surface area (Å²) in [7, 11) is 0. The van der Waals surface area contributed by atoms with Gasteiger partial charge in [-0.1, -0.05) is 56.1 Å². The van der Waals surface area contributed by atoms with Crippen LogP contribution >= 0.6 is 39.1 Å². The van der Waals surface area contributed by atoms with Crippen LogP contribution in [0.2, 0.25) is 10.0 Å². The number of para-hydroxylation sites is 1. The molecule has 0 spiro atoms. The van der Waals surface area contributed by atoms with Crippen LogP contribution in [-0.2, 0) is 10.2 Å². The smallest absolute Gasteiger partial charge is 0.262 e. The number of carbonyl (C=O) groups is 1. The van der Waals surface area contributed by atoms with Crippen molar-refractivity contribution >= 4 is 50.7 Å². The molecule has 0 aliphatic rings. The number of nitrogens with one attached hydrogen (secondary N) is 1. The number of carbonyl (C=O) groups excluding carboxylic acids is 1. The second-order valence-corrected chi connectivity index (χ2v) is 8.00. The maximum atomic E-state index is 12.1. The number of amides is 1. The van der Waals surface area contributed by atoms with E-state index >= 15 is 0 Å². The Morgan fingerprint density at radius 2 is 1.79 bits per heavy atom. The molecule has 0 aliphatic carbocycles. The van der Waals surface area contributed by atoms with Crippen LogP contribution < -0.4 is 10.1 Å². The summed E-state index contributed by atoms with van der Waals surface area (Å²) in [5, 5.41) is 3.42. The Hall–Kier alpha value is -1.23. The third-order valence-corrected chi connectivity index (χ3v) is 4.63. The van der Waals surface area contributed by atoms with Crippen LogP contribution in [-0.4, -0.2) is 12.5 Å². The van der Waals surface area contributed by atoms with Gasteiger partial charge in [-0.15, -0.1) is 0 Å². The first-order chi connectivity index (χ1) is 11.2. The minimum Gasteiger partial charge on any atom is -0.483 e. The molecule has 1 N–H and O–H groups in total. The Balaban J connectivity index is 2.02. The lowest BCUT2D eigenvalue weighted by atomic mass is 9.87. The molecular weight excluding hydrogens is 413 g/mol. The Bertz CT molecular complexity index is 737. The molecule has 0 aliphatic heterocycles. The highest BCUT2D eigenvalue weighted by Crippen LogP contribution is 2.32. The molecule has 0 heterocycles. The third kappa shape index (κ3) is 4.88. The van der Waals surface area contributed by atoms with Gasteiger partial charge in [0.2, 0.25) is 0 Å². The van der Waals surface area contributed by atoms with Crippen molar-refractivity contribution in [2.75, 3.05) is 11.9 Å². The molecule has 0 radical (unpaired) electrons. The summed E-state index contributed by atoms with van der Waals surface area (Å²) < 4.78 is 6.38. The molecule has 24 heavy (non-hydrogen) atoms. The van der Waals surface area contributed by atoms with Gasteiger partial charge in [-0.2, -0.15) is 0 Å². The van der Waals surface area contributed by atoms with E-state index in [-0.39, 0.29) is 17.9 Å². The Morgan fingerprint density at radius 3 is 2.33 bits per heavy atom. The van der Waals surface area contributed by atoms with Crippen LogP contribution in [0.4, 0.5) is 5.69 Å². The van der Waals surface area contributed by atoms with Crippen molar-refractivity contribution in [2.24, 2.45) is 0 Å². The number of ether oxygens (including phenoxy) is 1. The monoisotopic (exact) mass is 429 g/mol. The average molecular weight is 431 g/mol. The first-order valence-electron chi connectivity index (χ1n) is 7.35. The van der Waals surface area contributed by atoms with Gasteiger partial charge in [0.1, 0.15) is 5.75 Å². The van der Waals surface area contributed by atoms with Crippen LogP contribution in [0.15, 0.2) is 40.9 Å². The van der Waals surface area contributed by atoms with Gasteiger partial charge in [0, 0.05) is 0 Å². The fourth-order valence-electron chi connectivity index (χ4n) is 2.02. The van der Waals surface area contributed by atoms with Crippen molar-refractivity contribution in [3.63, 3.8) is 0 Å². The Labute approximate surface area is 160 Å². The fraction of sp³-hybridized carbons (Fsp3) is 0.278. The molecule has 0 fully saturated rings. The lowest BCUT2D eigenvalue weighted by Crippen LogP contribution is -2.20. The number of halogens is 3. The number of hydrogen-bond donors (Lipinski definition) is 1. The molecule has 2 aromatic rings. The molecular formula is C18H18BrCl2NO2. The second-order valence-electron chi connectivity index (χ2n) is 6.33. The molecule has 0 bridgehead atoms.